The average Bonchev–Trinajstić information content (AvgIpc) is 2.66. The fourth-order valence-corrected chi connectivity index (χ4v) is 2.86. The van der Waals surface area contributed by atoms with Crippen molar-refractivity contribution in [2.45, 2.75) is 12.4 Å². The molecule has 25 heavy (non-hydrogen) atoms. The second-order valence-corrected chi connectivity index (χ2v) is 6.42. The number of carbonyl (C=O) groups is 2. The van der Waals surface area contributed by atoms with Gasteiger partial charge < -0.3 is 15.2 Å². The molecular weight excluding hydrogens is 338 g/mol. The van der Waals surface area contributed by atoms with Crippen molar-refractivity contribution in [1.29, 1.82) is 0 Å². The van der Waals surface area contributed by atoms with E-state index in [1.54, 1.807) is 36.0 Å². The first-order chi connectivity index (χ1) is 12.2. The molecule has 0 aromatic heterocycles. The summed E-state index contributed by atoms with van der Waals surface area (Å²) in [7, 11) is 0. The third kappa shape index (κ3) is 6.99. The highest BCUT2D eigenvalue weighted by Gasteiger charge is 2.09. The lowest BCUT2D eigenvalue weighted by molar-refractivity contribution is -0.124. The van der Waals surface area contributed by atoms with Gasteiger partial charge >= 0.3 is 5.97 Å². The molecule has 2 rings (SSSR count). The van der Waals surface area contributed by atoms with Crippen LogP contribution in [0, 0.1) is 0 Å². The second kappa shape index (κ2) is 10.5. The van der Waals surface area contributed by atoms with E-state index in [9.17, 15) is 9.59 Å². The molecule has 0 aliphatic carbocycles. The quantitative estimate of drug-likeness (QED) is 0.531. The number of hydrogen-bond donors (Lipinski definition) is 2. The van der Waals surface area contributed by atoms with Crippen LogP contribution in [0.5, 0.6) is 0 Å². The van der Waals surface area contributed by atoms with Crippen LogP contribution in [0.3, 0.4) is 0 Å². The highest BCUT2D eigenvalue weighted by Crippen LogP contribution is 2.10. The predicted octanol–water partition coefficient (Wildman–Crippen LogP) is 2.39. The van der Waals surface area contributed by atoms with Crippen LogP contribution in [0.4, 0.5) is 0 Å². The number of aliphatic hydroxyl groups excluding tert-OH is 1. The Morgan fingerprint density at radius 2 is 1.72 bits per heavy atom. The average molecular weight is 359 g/mol. The SMILES string of the molecule is O=C(COC(=O)c1ccc(CO)cc1)NCCSCc1ccccc1. The molecule has 1 amide bonds. The molecule has 0 fully saturated rings. The van der Waals surface area contributed by atoms with Gasteiger partial charge in [0.15, 0.2) is 6.61 Å². The van der Waals surface area contributed by atoms with E-state index in [1.165, 1.54) is 5.56 Å². The van der Waals surface area contributed by atoms with Crippen molar-refractivity contribution in [3.05, 3.63) is 71.3 Å². The van der Waals surface area contributed by atoms with E-state index in [4.69, 9.17) is 9.84 Å². The number of carbonyl (C=O) groups excluding carboxylic acids is 2. The van der Waals surface area contributed by atoms with Gasteiger partial charge in [0.1, 0.15) is 0 Å². The predicted molar refractivity (Wildman–Crippen MR) is 98.3 cm³/mol. The van der Waals surface area contributed by atoms with Crippen molar-refractivity contribution >= 4 is 23.6 Å². The van der Waals surface area contributed by atoms with Crippen LogP contribution >= 0.6 is 11.8 Å². The Morgan fingerprint density at radius 3 is 2.40 bits per heavy atom. The maximum absolute atomic E-state index is 11.8. The van der Waals surface area contributed by atoms with Crippen LogP contribution in [0.1, 0.15) is 21.5 Å². The van der Waals surface area contributed by atoms with E-state index < -0.39 is 5.97 Å². The first-order valence-electron chi connectivity index (χ1n) is 7.94. The normalized spacial score (nSPS) is 10.3. The van der Waals surface area contributed by atoms with Gasteiger partial charge in [-0.3, -0.25) is 4.79 Å². The van der Waals surface area contributed by atoms with E-state index in [1.807, 2.05) is 18.2 Å². The smallest absolute Gasteiger partial charge is 0.338 e. The molecule has 0 aliphatic rings. The number of rotatable bonds is 9. The summed E-state index contributed by atoms with van der Waals surface area (Å²) in [5.41, 5.74) is 2.31. The van der Waals surface area contributed by atoms with Crippen molar-refractivity contribution in [3.8, 4) is 0 Å². The number of ether oxygens (including phenoxy) is 1. The highest BCUT2D eigenvalue weighted by molar-refractivity contribution is 7.98. The van der Waals surface area contributed by atoms with Gasteiger partial charge in [-0.1, -0.05) is 42.5 Å². The maximum atomic E-state index is 11.8. The zero-order valence-corrected chi connectivity index (χ0v) is 14.6. The highest BCUT2D eigenvalue weighted by atomic mass is 32.2. The minimum atomic E-state index is -0.557. The lowest BCUT2D eigenvalue weighted by atomic mass is 10.1. The van der Waals surface area contributed by atoms with Crippen molar-refractivity contribution in [1.82, 2.24) is 5.32 Å². The zero-order chi connectivity index (χ0) is 17.9. The molecule has 5 nitrogen and oxygen atoms in total. The minimum absolute atomic E-state index is 0.0833. The van der Waals surface area contributed by atoms with Crippen LogP contribution in [0.15, 0.2) is 54.6 Å². The molecule has 0 heterocycles. The van der Waals surface area contributed by atoms with Crippen molar-refractivity contribution in [2.24, 2.45) is 0 Å². The third-order valence-corrected chi connectivity index (χ3v) is 4.42. The number of benzene rings is 2. The Labute approximate surface area is 151 Å². The lowest BCUT2D eigenvalue weighted by Crippen LogP contribution is -2.30. The molecule has 0 saturated heterocycles. The second-order valence-electron chi connectivity index (χ2n) is 5.32. The van der Waals surface area contributed by atoms with Gasteiger partial charge in [-0.05, 0) is 23.3 Å². The fraction of sp³-hybridized carbons (Fsp3) is 0.263. The molecule has 0 spiro atoms. The Bertz CT molecular complexity index is 674. The maximum Gasteiger partial charge on any atom is 0.338 e. The van der Waals surface area contributed by atoms with Crippen molar-refractivity contribution in [3.63, 3.8) is 0 Å². The van der Waals surface area contributed by atoms with E-state index in [0.717, 1.165) is 11.5 Å². The molecule has 2 N–H and O–H groups in total. The summed E-state index contributed by atoms with van der Waals surface area (Å²) >= 11 is 1.73. The first kappa shape index (κ1) is 19.0. The third-order valence-electron chi connectivity index (χ3n) is 3.39. The lowest BCUT2D eigenvalue weighted by Gasteiger charge is -2.07. The van der Waals surface area contributed by atoms with E-state index >= 15 is 0 Å². The summed E-state index contributed by atoms with van der Waals surface area (Å²) in [5, 5.41) is 11.7. The van der Waals surface area contributed by atoms with Crippen LogP contribution in [0.25, 0.3) is 0 Å². The molecule has 0 atom stereocenters. The minimum Gasteiger partial charge on any atom is -0.452 e. The van der Waals surface area contributed by atoms with Gasteiger partial charge in [-0.25, -0.2) is 4.79 Å². The number of thioether (sulfide) groups is 1. The number of aliphatic hydroxyl groups is 1. The molecule has 6 heteroatoms. The van der Waals surface area contributed by atoms with Crippen LogP contribution in [-0.2, 0) is 21.9 Å². The summed E-state index contributed by atoms with van der Waals surface area (Å²) in [6.07, 6.45) is 0. The van der Waals surface area contributed by atoms with Gasteiger partial charge in [0.25, 0.3) is 5.91 Å². The Hall–Kier alpha value is -2.31. The van der Waals surface area contributed by atoms with Crippen LogP contribution < -0.4 is 5.32 Å². The summed E-state index contributed by atoms with van der Waals surface area (Å²) in [5.74, 6) is 0.811. The molecule has 132 valence electrons. The molecule has 0 saturated carbocycles. The monoisotopic (exact) mass is 359 g/mol. The number of nitrogens with one attached hydrogen (secondary N) is 1. The molecule has 2 aromatic carbocycles. The van der Waals surface area contributed by atoms with Crippen LogP contribution in [-0.4, -0.2) is 35.9 Å². The van der Waals surface area contributed by atoms with E-state index in [2.05, 4.69) is 17.4 Å². The van der Waals surface area contributed by atoms with Gasteiger partial charge in [0, 0.05) is 18.1 Å². The molecular formula is C19H21NO4S. The molecule has 0 unspecified atom stereocenters. The number of esters is 1. The Morgan fingerprint density at radius 1 is 1.00 bits per heavy atom. The molecule has 0 radical (unpaired) electrons. The van der Waals surface area contributed by atoms with Gasteiger partial charge in [0.05, 0.1) is 12.2 Å². The summed E-state index contributed by atoms with van der Waals surface area (Å²) in [6, 6.07) is 16.5. The topological polar surface area (TPSA) is 75.6 Å². The van der Waals surface area contributed by atoms with Gasteiger partial charge in [-0.15, -0.1) is 0 Å². The van der Waals surface area contributed by atoms with E-state index in [0.29, 0.717) is 17.7 Å². The Balaban J connectivity index is 1.59. The Kier molecular flexibility index (Phi) is 8.01. The summed E-state index contributed by atoms with van der Waals surface area (Å²) in [6.45, 7) is 0.142. The van der Waals surface area contributed by atoms with Gasteiger partial charge in [0.2, 0.25) is 0 Å². The summed E-state index contributed by atoms with van der Waals surface area (Å²) in [4.78, 5) is 23.5. The fourth-order valence-electron chi connectivity index (χ4n) is 2.04. The van der Waals surface area contributed by atoms with Gasteiger partial charge in [-0.2, -0.15) is 11.8 Å². The largest absolute Gasteiger partial charge is 0.452 e. The van der Waals surface area contributed by atoms with E-state index in [-0.39, 0.29) is 19.1 Å². The molecule has 0 bridgehead atoms. The summed E-state index contributed by atoms with van der Waals surface area (Å²) < 4.78 is 4.97. The molecule has 0 aliphatic heterocycles. The van der Waals surface area contributed by atoms with Crippen molar-refractivity contribution < 1.29 is 19.4 Å². The van der Waals surface area contributed by atoms with Crippen LogP contribution in [0.2, 0.25) is 0 Å². The molecule has 2 aromatic rings. The number of amides is 1. The standard InChI is InChI=1S/C19H21NO4S/c21-12-15-6-8-17(9-7-15)19(23)24-13-18(22)20-10-11-25-14-16-4-2-1-3-5-16/h1-9,21H,10-14H2,(H,20,22). The zero-order valence-electron chi connectivity index (χ0n) is 13.8. The number of hydrogen-bond acceptors (Lipinski definition) is 5. The van der Waals surface area contributed by atoms with Crippen molar-refractivity contribution in [2.75, 3.05) is 18.9 Å². The first-order valence-corrected chi connectivity index (χ1v) is 9.10.